The third-order valence-electron chi connectivity index (χ3n) is 4.42. The van der Waals surface area contributed by atoms with Crippen LogP contribution < -0.4 is 5.32 Å². The minimum absolute atomic E-state index is 0.155. The number of H-pyrrole nitrogens is 1. The Morgan fingerprint density at radius 2 is 1.96 bits per heavy atom. The second-order valence-electron chi connectivity index (χ2n) is 6.57. The van der Waals surface area contributed by atoms with Crippen molar-refractivity contribution in [2.24, 2.45) is 0 Å². The molecular weight excluding hydrogens is 348 g/mol. The van der Waals surface area contributed by atoms with E-state index >= 15 is 0 Å². The standard InChI is InChI=1S/C21H19F2N3O/c1-12-9-17-16(7-8-19(27)25-13(2)11-24)20(26-21(17)18(23)10-12)14-3-5-15(22)6-4-14/h3-6,9-10,13,26H,7-8H2,1-2H3,(H,25,27). The molecule has 1 heterocycles. The van der Waals surface area contributed by atoms with E-state index in [1.165, 1.54) is 18.2 Å². The third kappa shape index (κ3) is 3.98. The summed E-state index contributed by atoms with van der Waals surface area (Å²) in [6.45, 7) is 3.41. The Kier molecular flexibility index (Phi) is 5.22. The second kappa shape index (κ2) is 7.58. The molecule has 1 aromatic heterocycles. The van der Waals surface area contributed by atoms with Gasteiger partial charge in [0.25, 0.3) is 0 Å². The lowest BCUT2D eigenvalue weighted by Gasteiger charge is -2.08. The molecule has 4 nitrogen and oxygen atoms in total. The summed E-state index contributed by atoms with van der Waals surface area (Å²) in [5.41, 5.74) is 3.30. The van der Waals surface area contributed by atoms with Gasteiger partial charge in [0.2, 0.25) is 5.91 Å². The first-order chi connectivity index (χ1) is 12.9. The number of amides is 1. The van der Waals surface area contributed by atoms with Gasteiger partial charge in [-0.15, -0.1) is 0 Å². The van der Waals surface area contributed by atoms with Crippen LogP contribution in [0.2, 0.25) is 0 Å². The lowest BCUT2D eigenvalue weighted by atomic mass is 10.00. The molecule has 0 radical (unpaired) electrons. The van der Waals surface area contributed by atoms with E-state index in [4.69, 9.17) is 5.26 Å². The summed E-state index contributed by atoms with van der Waals surface area (Å²) in [5.74, 6) is -0.984. The van der Waals surface area contributed by atoms with Crippen molar-refractivity contribution >= 4 is 16.8 Å². The van der Waals surface area contributed by atoms with Gasteiger partial charge in [0, 0.05) is 17.5 Å². The Bertz CT molecular complexity index is 1030. The normalized spacial score (nSPS) is 12.0. The monoisotopic (exact) mass is 367 g/mol. The second-order valence-corrected chi connectivity index (χ2v) is 6.57. The molecule has 0 spiro atoms. The van der Waals surface area contributed by atoms with Crippen molar-refractivity contribution in [1.29, 1.82) is 5.26 Å². The summed E-state index contributed by atoms with van der Waals surface area (Å²) in [4.78, 5) is 15.2. The molecule has 6 heteroatoms. The summed E-state index contributed by atoms with van der Waals surface area (Å²) in [5, 5.41) is 12.1. The lowest BCUT2D eigenvalue weighted by Crippen LogP contribution is -2.31. The van der Waals surface area contributed by atoms with Crippen molar-refractivity contribution in [2.45, 2.75) is 32.7 Å². The first-order valence-corrected chi connectivity index (χ1v) is 8.64. The van der Waals surface area contributed by atoms with Gasteiger partial charge in [-0.2, -0.15) is 5.26 Å². The molecule has 0 fully saturated rings. The van der Waals surface area contributed by atoms with Crippen molar-refractivity contribution in [3.63, 3.8) is 0 Å². The van der Waals surface area contributed by atoms with Gasteiger partial charge in [-0.05, 0) is 73.4 Å². The van der Waals surface area contributed by atoms with E-state index in [2.05, 4.69) is 10.3 Å². The number of aromatic amines is 1. The minimum atomic E-state index is -0.572. The van der Waals surface area contributed by atoms with Crippen molar-refractivity contribution in [3.05, 3.63) is 59.2 Å². The summed E-state index contributed by atoms with van der Waals surface area (Å²) in [7, 11) is 0. The molecule has 0 saturated heterocycles. The zero-order chi connectivity index (χ0) is 19.6. The molecule has 3 rings (SSSR count). The molecule has 0 aliphatic carbocycles. The first-order valence-electron chi connectivity index (χ1n) is 8.64. The van der Waals surface area contributed by atoms with Gasteiger partial charge in [0.05, 0.1) is 11.6 Å². The number of aromatic nitrogens is 1. The summed E-state index contributed by atoms with van der Waals surface area (Å²) in [6.07, 6.45) is 0.516. The van der Waals surface area contributed by atoms with Crippen molar-refractivity contribution in [2.75, 3.05) is 0 Å². The lowest BCUT2D eigenvalue weighted by molar-refractivity contribution is -0.121. The number of hydrogen-bond acceptors (Lipinski definition) is 2. The van der Waals surface area contributed by atoms with Crippen LogP contribution in [0, 0.1) is 29.9 Å². The van der Waals surface area contributed by atoms with Crippen LogP contribution in [-0.2, 0) is 11.2 Å². The molecule has 1 amide bonds. The van der Waals surface area contributed by atoms with Gasteiger partial charge >= 0.3 is 0 Å². The number of fused-ring (bicyclic) bond motifs is 1. The van der Waals surface area contributed by atoms with Gasteiger partial charge in [-0.25, -0.2) is 8.78 Å². The minimum Gasteiger partial charge on any atom is -0.352 e. The predicted molar refractivity (Wildman–Crippen MR) is 99.9 cm³/mol. The van der Waals surface area contributed by atoms with E-state index in [1.807, 2.05) is 12.1 Å². The van der Waals surface area contributed by atoms with Crippen LogP contribution in [0.4, 0.5) is 8.78 Å². The highest BCUT2D eigenvalue weighted by molar-refractivity contribution is 5.92. The van der Waals surface area contributed by atoms with Crippen molar-refractivity contribution < 1.29 is 13.6 Å². The molecule has 2 aromatic carbocycles. The average Bonchev–Trinajstić information content (AvgIpc) is 2.99. The quantitative estimate of drug-likeness (QED) is 0.702. The van der Waals surface area contributed by atoms with Gasteiger partial charge in [-0.3, -0.25) is 4.79 Å². The molecule has 2 N–H and O–H groups in total. The van der Waals surface area contributed by atoms with Gasteiger partial charge in [0.15, 0.2) is 0 Å². The average molecular weight is 367 g/mol. The Morgan fingerprint density at radius 3 is 2.63 bits per heavy atom. The van der Waals surface area contributed by atoms with E-state index in [1.54, 1.807) is 26.0 Å². The fourth-order valence-corrected chi connectivity index (χ4v) is 3.15. The SMILES string of the molecule is Cc1cc(F)c2[nH]c(-c3ccc(F)cc3)c(CCC(=O)NC(C)C#N)c2c1. The molecule has 1 atom stereocenters. The van der Waals surface area contributed by atoms with E-state index in [-0.39, 0.29) is 24.0 Å². The van der Waals surface area contributed by atoms with E-state index < -0.39 is 6.04 Å². The fourth-order valence-electron chi connectivity index (χ4n) is 3.15. The Hall–Kier alpha value is -3.20. The molecule has 0 saturated carbocycles. The van der Waals surface area contributed by atoms with Crippen LogP contribution in [0.15, 0.2) is 36.4 Å². The van der Waals surface area contributed by atoms with Crippen LogP contribution >= 0.6 is 0 Å². The third-order valence-corrected chi connectivity index (χ3v) is 4.42. The van der Waals surface area contributed by atoms with E-state index in [0.29, 0.717) is 28.6 Å². The highest BCUT2D eigenvalue weighted by atomic mass is 19.1. The number of hydrogen-bond donors (Lipinski definition) is 2. The topological polar surface area (TPSA) is 68.7 Å². The van der Waals surface area contributed by atoms with Crippen molar-refractivity contribution in [3.8, 4) is 17.3 Å². The Balaban J connectivity index is 2.02. The first kappa shape index (κ1) is 18.6. The number of benzene rings is 2. The highest BCUT2D eigenvalue weighted by Gasteiger charge is 2.18. The zero-order valence-corrected chi connectivity index (χ0v) is 15.1. The number of halogens is 2. The zero-order valence-electron chi connectivity index (χ0n) is 15.1. The predicted octanol–water partition coefficient (Wildman–Crippen LogP) is 4.38. The summed E-state index contributed by atoms with van der Waals surface area (Å²) >= 11 is 0. The number of nitrogens with zero attached hydrogens (tertiary/aromatic N) is 1. The Labute approximate surface area is 155 Å². The molecule has 3 aromatic rings. The van der Waals surface area contributed by atoms with Gasteiger partial charge in [0.1, 0.15) is 17.7 Å². The molecule has 1 unspecified atom stereocenters. The molecule has 27 heavy (non-hydrogen) atoms. The molecule has 0 aliphatic rings. The number of carbonyl (C=O) groups excluding carboxylic acids is 1. The van der Waals surface area contributed by atoms with Crippen LogP contribution in [0.25, 0.3) is 22.2 Å². The number of aryl methyl sites for hydroxylation is 2. The Morgan fingerprint density at radius 1 is 1.26 bits per heavy atom. The van der Waals surface area contributed by atoms with Crippen molar-refractivity contribution in [1.82, 2.24) is 10.3 Å². The maximum Gasteiger partial charge on any atom is 0.221 e. The molecule has 138 valence electrons. The largest absolute Gasteiger partial charge is 0.352 e. The number of carbonyl (C=O) groups is 1. The number of nitrogens with one attached hydrogen (secondary N) is 2. The van der Waals surface area contributed by atoms with E-state index in [9.17, 15) is 13.6 Å². The van der Waals surface area contributed by atoms with Crippen LogP contribution in [0.3, 0.4) is 0 Å². The number of rotatable bonds is 5. The smallest absolute Gasteiger partial charge is 0.221 e. The van der Waals surface area contributed by atoms with Gasteiger partial charge in [-0.1, -0.05) is 0 Å². The highest BCUT2D eigenvalue weighted by Crippen LogP contribution is 2.33. The maximum absolute atomic E-state index is 14.4. The summed E-state index contributed by atoms with van der Waals surface area (Å²) < 4.78 is 27.7. The molecule has 0 aliphatic heterocycles. The maximum atomic E-state index is 14.4. The van der Waals surface area contributed by atoms with Crippen LogP contribution in [0.5, 0.6) is 0 Å². The fraction of sp³-hybridized carbons (Fsp3) is 0.238. The van der Waals surface area contributed by atoms with E-state index in [0.717, 1.165) is 11.1 Å². The van der Waals surface area contributed by atoms with Crippen LogP contribution in [-0.4, -0.2) is 16.9 Å². The molecule has 0 bridgehead atoms. The molecular formula is C21H19F2N3O. The summed E-state index contributed by atoms with van der Waals surface area (Å²) in [6, 6.07) is 10.6. The van der Waals surface area contributed by atoms with Crippen LogP contribution in [0.1, 0.15) is 24.5 Å². The van der Waals surface area contributed by atoms with Gasteiger partial charge < -0.3 is 10.3 Å². The number of nitriles is 1.